The third kappa shape index (κ3) is 3.64. The van der Waals surface area contributed by atoms with E-state index in [1.807, 2.05) is 0 Å². The lowest BCUT2D eigenvalue weighted by atomic mass is 9.79. The van der Waals surface area contributed by atoms with E-state index in [1.165, 1.54) is 6.07 Å². The summed E-state index contributed by atoms with van der Waals surface area (Å²) in [4.78, 5) is 11.2. The second-order valence-corrected chi connectivity index (χ2v) is 6.21. The number of carbonyl (C=O) groups is 1. The topological polar surface area (TPSA) is 69.6 Å². The lowest BCUT2D eigenvalue weighted by Crippen LogP contribution is -2.41. The molecule has 0 saturated heterocycles. The van der Waals surface area contributed by atoms with Gasteiger partial charge in [-0.05, 0) is 37.0 Å². The van der Waals surface area contributed by atoms with Gasteiger partial charge in [-0.2, -0.15) is 0 Å². The van der Waals surface area contributed by atoms with Crippen LogP contribution in [0.5, 0.6) is 0 Å². The molecule has 1 aliphatic rings. The highest BCUT2D eigenvalue weighted by atomic mass is 35.5. The maximum absolute atomic E-state index is 11.2. The van der Waals surface area contributed by atoms with Crippen molar-refractivity contribution in [3.8, 4) is 0 Å². The van der Waals surface area contributed by atoms with Crippen LogP contribution in [-0.4, -0.2) is 28.3 Å². The van der Waals surface area contributed by atoms with Crippen molar-refractivity contribution < 1.29 is 15.0 Å². The molecular formula is C15H20ClNO3. The van der Waals surface area contributed by atoms with Crippen LogP contribution in [0.3, 0.4) is 0 Å². The summed E-state index contributed by atoms with van der Waals surface area (Å²) in [5.41, 5.74) is -0.133. The molecule has 2 rings (SSSR count). The molecule has 0 aliphatic heterocycles. The second kappa shape index (κ2) is 6.02. The third-order valence-corrected chi connectivity index (χ3v) is 4.12. The summed E-state index contributed by atoms with van der Waals surface area (Å²) in [5, 5.41) is 23.2. The van der Waals surface area contributed by atoms with Gasteiger partial charge in [-0.3, -0.25) is 0 Å². The lowest BCUT2D eigenvalue weighted by molar-refractivity contribution is -0.000808. The maximum Gasteiger partial charge on any atom is 0.337 e. The van der Waals surface area contributed by atoms with E-state index in [0.29, 0.717) is 23.2 Å². The molecule has 3 N–H and O–H groups in total. The zero-order valence-electron chi connectivity index (χ0n) is 11.5. The zero-order valence-corrected chi connectivity index (χ0v) is 12.3. The number of aromatic carboxylic acids is 1. The number of hydrogen-bond acceptors (Lipinski definition) is 3. The smallest absolute Gasteiger partial charge is 0.337 e. The fourth-order valence-corrected chi connectivity index (χ4v) is 3.07. The van der Waals surface area contributed by atoms with Crippen LogP contribution in [0.2, 0.25) is 5.02 Å². The van der Waals surface area contributed by atoms with Gasteiger partial charge in [0.1, 0.15) is 0 Å². The number of aliphatic hydroxyl groups is 1. The number of nitrogens with one attached hydrogen (secondary N) is 1. The van der Waals surface area contributed by atoms with Crippen LogP contribution in [0.1, 0.15) is 43.0 Å². The Bertz CT molecular complexity index is 506. The Morgan fingerprint density at radius 3 is 2.95 bits per heavy atom. The lowest BCUT2D eigenvalue weighted by Gasteiger charge is -2.36. The van der Waals surface area contributed by atoms with Gasteiger partial charge in [0.2, 0.25) is 0 Å². The molecule has 1 saturated carbocycles. The van der Waals surface area contributed by atoms with Crippen LogP contribution >= 0.6 is 11.6 Å². The number of carboxylic acid groups (broad SMARTS) is 1. The van der Waals surface area contributed by atoms with Crippen LogP contribution in [0, 0.1) is 5.92 Å². The van der Waals surface area contributed by atoms with Crippen molar-refractivity contribution in [3.05, 3.63) is 28.8 Å². The molecule has 0 amide bonds. The molecule has 5 heteroatoms. The van der Waals surface area contributed by atoms with Crippen molar-refractivity contribution in [2.45, 2.75) is 38.2 Å². The fraction of sp³-hybridized carbons (Fsp3) is 0.533. The summed E-state index contributed by atoms with van der Waals surface area (Å²) in [5.74, 6) is -0.529. The average molecular weight is 298 g/mol. The maximum atomic E-state index is 11.2. The largest absolute Gasteiger partial charge is 0.478 e. The highest BCUT2D eigenvalue weighted by Crippen LogP contribution is 2.32. The van der Waals surface area contributed by atoms with Crippen molar-refractivity contribution >= 4 is 23.3 Å². The predicted octanol–water partition coefficient (Wildman–Crippen LogP) is 3.39. The Balaban J connectivity index is 2.09. The highest BCUT2D eigenvalue weighted by molar-refractivity contribution is 6.31. The van der Waals surface area contributed by atoms with E-state index >= 15 is 0 Å². The van der Waals surface area contributed by atoms with Crippen LogP contribution in [0.25, 0.3) is 0 Å². The van der Waals surface area contributed by atoms with Crippen LogP contribution < -0.4 is 5.32 Å². The molecule has 20 heavy (non-hydrogen) atoms. The molecule has 0 aromatic heterocycles. The van der Waals surface area contributed by atoms with Crippen LogP contribution in [-0.2, 0) is 0 Å². The van der Waals surface area contributed by atoms with E-state index in [9.17, 15) is 15.0 Å². The van der Waals surface area contributed by atoms with E-state index < -0.39 is 11.6 Å². The Hall–Kier alpha value is -1.26. The summed E-state index contributed by atoms with van der Waals surface area (Å²) in [6.07, 6.45) is 3.64. The minimum Gasteiger partial charge on any atom is -0.478 e. The first-order chi connectivity index (χ1) is 9.39. The van der Waals surface area contributed by atoms with E-state index in [1.54, 1.807) is 12.1 Å². The molecule has 0 heterocycles. The molecule has 0 bridgehead atoms. The van der Waals surface area contributed by atoms with Crippen molar-refractivity contribution in [2.24, 2.45) is 5.92 Å². The first-order valence-electron chi connectivity index (χ1n) is 6.89. The van der Waals surface area contributed by atoms with Crippen molar-refractivity contribution in [1.29, 1.82) is 0 Å². The molecule has 0 radical (unpaired) electrons. The van der Waals surface area contributed by atoms with Gasteiger partial charge in [-0.15, -0.1) is 0 Å². The standard InChI is InChI=1S/C15H20ClNO3/c1-10-3-2-6-15(20,8-10)9-17-13-5-4-11(16)7-12(13)14(18)19/h4-5,7,10,17,20H,2-3,6,8-9H2,1H3,(H,18,19). The number of hydrogen-bond donors (Lipinski definition) is 3. The van der Waals surface area contributed by atoms with Gasteiger partial charge in [-0.1, -0.05) is 31.4 Å². The minimum atomic E-state index is -1.03. The molecule has 1 aliphatic carbocycles. The van der Waals surface area contributed by atoms with Crippen molar-refractivity contribution in [2.75, 3.05) is 11.9 Å². The number of benzene rings is 1. The minimum absolute atomic E-state index is 0.130. The van der Waals surface area contributed by atoms with Gasteiger partial charge in [0.05, 0.1) is 11.2 Å². The molecule has 1 aromatic carbocycles. The zero-order chi connectivity index (χ0) is 14.8. The molecule has 1 aromatic rings. The fourth-order valence-electron chi connectivity index (χ4n) is 2.90. The summed E-state index contributed by atoms with van der Waals surface area (Å²) < 4.78 is 0. The third-order valence-electron chi connectivity index (χ3n) is 3.89. The molecular weight excluding hydrogens is 278 g/mol. The summed E-state index contributed by atoms with van der Waals surface area (Å²) in [7, 11) is 0. The Morgan fingerprint density at radius 2 is 2.30 bits per heavy atom. The molecule has 110 valence electrons. The van der Waals surface area contributed by atoms with Gasteiger partial charge in [-0.25, -0.2) is 4.79 Å². The normalized spacial score (nSPS) is 26.2. The van der Waals surface area contributed by atoms with Gasteiger partial charge < -0.3 is 15.5 Å². The number of halogens is 1. The quantitative estimate of drug-likeness (QED) is 0.797. The Labute approximate surface area is 123 Å². The summed E-state index contributed by atoms with van der Waals surface area (Å²) in [6.45, 7) is 2.49. The summed E-state index contributed by atoms with van der Waals surface area (Å²) >= 11 is 5.82. The second-order valence-electron chi connectivity index (χ2n) is 5.77. The van der Waals surface area contributed by atoms with E-state index in [4.69, 9.17) is 11.6 Å². The van der Waals surface area contributed by atoms with Crippen molar-refractivity contribution in [3.63, 3.8) is 0 Å². The molecule has 2 unspecified atom stereocenters. The first kappa shape index (κ1) is 15.1. The molecule has 0 spiro atoms. The predicted molar refractivity (Wildman–Crippen MR) is 79.5 cm³/mol. The van der Waals surface area contributed by atoms with Gasteiger partial charge in [0.25, 0.3) is 0 Å². The Morgan fingerprint density at radius 1 is 1.55 bits per heavy atom. The molecule has 2 atom stereocenters. The van der Waals surface area contributed by atoms with Gasteiger partial charge in [0.15, 0.2) is 0 Å². The van der Waals surface area contributed by atoms with Crippen LogP contribution in [0.15, 0.2) is 18.2 Å². The number of anilines is 1. The number of rotatable bonds is 4. The molecule has 1 fully saturated rings. The highest BCUT2D eigenvalue weighted by Gasteiger charge is 2.32. The van der Waals surface area contributed by atoms with Gasteiger partial charge in [0, 0.05) is 17.3 Å². The first-order valence-corrected chi connectivity index (χ1v) is 7.26. The van der Waals surface area contributed by atoms with E-state index in [2.05, 4.69) is 12.2 Å². The average Bonchev–Trinajstić information content (AvgIpc) is 2.37. The number of carboxylic acids is 1. The van der Waals surface area contributed by atoms with Gasteiger partial charge >= 0.3 is 5.97 Å². The monoisotopic (exact) mass is 297 g/mol. The molecule has 4 nitrogen and oxygen atoms in total. The van der Waals surface area contributed by atoms with E-state index in [-0.39, 0.29) is 5.56 Å². The van der Waals surface area contributed by atoms with Crippen molar-refractivity contribution in [1.82, 2.24) is 0 Å². The van der Waals surface area contributed by atoms with E-state index in [0.717, 1.165) is 25.7 Å². The van der Waals surface area contributed by atoms with Crippen LogP contribution in [0.4, 0.5) is 5.69 Å². The SMILES string of the molecule is CC1CCCC(O)(CNc2ccc(Cl)cc2C(=O)O)C1. The summed E-state index contributed by atoms with van der Waals surface area (Å²) in [6, 6.07) is 4.70. The Kier molecular flexibility index (Phi) is 4.55.